The Morgan fingerprint density at radius 2 is 1.61 bits per heavy atom. The quantitative estimate of drug-likeness (QED) is 0.343. The third kappa shape index (κ3) is 7.38. The fourth-order valence-corrected chi connectivity index (χ4v) is 4.93. The summed E-state index contributed by atoms with van der Waals surface area (Å²) < 4.78 is 29.2. The third-order valence-electron chi connectivity index (χ3n) is 5.43. The van der Waals surface area contributed by atoms with E-state index in [9.17, 15) is 28.8 Å². The van der Waals surface area contributed by atoms with Crippen LogP contribution in [0.1, 0.15) is 34.1 Å². The molecule has 0 spiro atoms. The lowest BCUT2D eigenvalue weighted by Crippen LogP contribution is -2.66. The molecule has 206 valence electrons. The SMILES string of the molecule is CC(=O)N[C@@H]1[C@@H](OC(=O)CCn2c(=O)sc3ccccc32)O[C@@H](COC(C)=O)[C@@H](OC(C)=O)[C@H]1OC(C)=O. The number of ether oxygens (including phenoxy) is 5. The van der Waals surface area contributed by atoms with Gasteiger partial charge in [0.25, 0.3) is 0 Å². The maximum Gasteiger partial charge on any atom is 0.309 e. The zero-order chi connectivity index (χ0) is 28.0. The molecule has 1 N–H and O–H groups in total. The van der Waals surface area contributed by atoms with E-state index in [1.807, 2.05) is 0 Å². The summed E-state index contributed by atoms with van der Waals surface area (Å²) in [5.41, 5.74) is 0.668. The third-order valence-corrected chi connectivity index (χ3v) is 6.39. The zero-order valence-corrected chi connectivity index (χ0v) is 22.0. The Bertz CT molecular complexity index is 1270. The Morgan fingerprint density at radius 1 is 0.947 bits per heavy atom. The van der Waals surface area contributed by atoms with Gasteiger partial charge in [0.05, 0.1) is 16.6 Å². The second kappa shape index (κ2) is 12.6. The number of esters is 4. The second-order valence-corrected chi connectivity index (χ2v) is 9.44. The van der Waals surface area contributed by atoms with E-state index in [2.05, 4.69) is 5.32 Å². The van der Waals surface area contributed by atoms with Gasteiger partial charge in [0, 0.05) is 34.2 Å². The Kier molecular flexibility index (Phi) is 9.58. The molecule has 1 aromatic heterocycles. The van der Waals surface area contributed by atoms with Gasteiger partial charge in [0.2, 0.25) is 12.2 Å². The van der Waals surface area contributed by atoms with Crippen LogP contribution in [0.4, 0.5) is 0 Å². The van der Waals surface area contributed by atoms with Crippen LogP contribution >= 0.6 is 11.3 Å². The molecule has 1 fully saturated rings. The highest BCUT2D eigenvalue weighted by atomic mass is 32.1. The van der Waals surface area contributed by atoms with Gasteiger partial charge in [0.1, 0.15) is 18.8 Å². The van der Waals surface area contributed by atoms with Gasteiger partial charge in [-0.15, -0.1) is 0 Å². The zero-order valence-electron chi connectivity index (χ0n) is 21.2. The molecule has 1 aliphatic heterocycles. The second-order valence-electron chi connectivity index (χ2n) is 8.45. The minimum Gasteiger partial charge on any atom is -0.463 e. The van der Waals surface area contributed by atoms with Crippen molar-refractivity contribution in [1.29, 1.82) is 0 Å². The van der Waals surface area contributed by atoms with Crippen LogP contribution in [0.5, 0.6) is 0 Å². The van der Waals surface area contributed by atoms with Gasteiger partial charge in [-0.25, -0.2) is 0 Å². The number of hydrogen-bond donors (Lipinski definition) is 1. The molecule has 2 heterocycles. The maximum absolute atomic E-state index is 12.8. The van der Waals surface area contributed by atoms with Crippen molar-refractivity contribution in [1.82, 2.24) is 9.88 Å². The van der Waals surface area contributed by atoms with Gasteiger partial charge in [0.15, 0.2) is 12.2 Å². The molecular formula is C24H28N2O11S. The lowest BCUT2D eigenvalue weighted by molar-refractivity contribution is -0.271. The van der Waals surface area contributed by atoms with Gasteiger partial charge >= 0.3 is 28.8 Å². The summed E-state index contributed by atoms with van der Waals surface area (Å²) in [5.74, 6) is -3.55. The van der Waals surface area contributed by atoms with Crippen molar-refractivity contribution < 1.29 is 47.7 Å². The number of nitrogens with one attached hydrogen (secondary N) is 1. The Hall–Kier alpha value is -3.78. The number of fused-ring (bicyclic) bond motifs is 1. The van der Waals surface area contributed by atoms with Crippen molar-refractivity contribution in [3.8, 4) is 0 Å². The van der Waals surface area contributed by atoms with Crippen LogP contribution in [-0.2, 0) is 54.2 Å². The number of carbonyl (C=O) groups is 5. The molecule has 1 aliphatic rings. The summed E-state index contributed by atoms with van der Waals surface area (Å²) >= 11 is 1.04. The molecule has 13 nitrogen and oxygen atoms in total. The largest absolute Gasteiger partial charge is 0.463 e. The summed E-state index contributed by atoms with van der Waals surface area (Å²) in [7, 11) is 0. The topological polar surface area (TPSA) is 166 Å². The van der Waals surface area contributed by atoms with E-state index in [0.717, 1.165) is 36.8 Å². The molecule has 38 heavy (non-hydrogen) atoms. The summed E-state index contributed by atoms with van der Waals surface area (Å²) in [6, 6.07) is 5.85. The van der Waals surface area contributed by atoms with E-state index in [-0.39, 0.29) is 17.8 Å². The van der Waals surface area contributed by atoms with Crippen LogP contribution in [0.25, 0.3) is 10.2 Å². The first-order valence-corrected chi connectivity index (χ1v) is 12.5. The highest BCUT2D eigenvalue weighted by Gasteiger charge is 2.52. The first-order valence-electron chi connectivity index (χ1n) is 11.6. The fourth-order valence-electron chi connectivity index (χ4n) is 4.01. The minimum atomic E-state index is -1.51. The van der Waals surface area contributed by atoms with E-state index in [1.54, 1.807) is 24.3 Å². The number of para-hydroxylation sites is 1. The lowest BCUT2D eigenvalue weighted by Gasteiger charge is -2.44. The summed E-state index contributed by atoms with van der Waals surface area (Å²) in [5, 5.41) is 2.51. The molecule has 1 aromatic carbocycles. The number of amides is 1. The van der Waals surface area contributed by atoms with Crippen LogP contribution < -0.4 is 10.2 Å². The number of aryl methyl sites for hydroxylation is 1. The molecule has 0 saturated carbocycles. The summed E-state index contributed by atoms with van der Waals surface area (Å²) in [6.45, 7) is 4.14. The molecule has 14 heteroatoms. The molecule has 2 aromatic rings. The molecule has 0 unspecified atom stereocenters. The number of aromatic nitrogens is 1. The van der Waals surface area contributed by atoms with E-state index in [0.29, 0.717) is 5.52 Å². The number of hydrogen-bond acceptors (Lipinski definition) is 12. The normalized spacial score (nSPS) is 22.8. The predicted octanol–water partition coefficient (Wildman–Crippen LogP) is 0.652. The number of benzene rings is 1. The van der Waals surface area contributed by atoms with Crippen molar-refractivity contribution in [2.75, 3.05) is 6.61 Å². The van der Waals surface area contributed by atoms with Crippen molar-refractivity contribution in [2.24, 2.45) is 0 Å². The molecule has 0 aliphatic carbocycles. The number of thiazole rings is 1. The van der Waals surface area contributed by atoms with Crippen LogP contribution in [0.3, 0.4) is 0 Å². The van der Waals surface area contributed by atoms with E-state index >= 15 is 0 Å². The molecule has 1 saturated heterocycles. The fraction of sp³-hybridized carbons (Fsp3) is 0.500. The molecule has 0 bridgehead atoms. The van der Waals surface area contributed by atoms with E-state index in [4.69, 9.17) is 23.7 Å². The minimum absolute atomic E-state index is 0.0134. The van der Waals surface area contributed by atoms with E-state index < -0.39 is 67.0 Å². The van der Waals surface area contributed by atoms with Gasteiger partial charge in [-0.3, -0.25) is 33.3 Å². The molecule has 3 rings (SSSR count). The average molecular weight is 553 g/mol. The Labute approximate surface area is 220 Å². The van der Waals surface area contributed by atoms with Crippen LogP contribution in [0.15, 0.2) is 29.1 Å². The first kappa shape index (κ1) is 28.8. The van der Waals surface area contributed by atoms with Gasteiger partial charge < -0.3 is 29.0 Å². The number of carbonyl (C=O) groups excluding carboxylic acids is 5. The standard InChI is InChI=1S/C24H28N2O11S/c1-12(27)25-20-22(35-15(4)30)21(34-14(3)29)17(11-33-13(2)28)36-23(20)37-19(31)9-10-26-16-7-5-6-8-18(16)38-24(26)32/h5-8,17,20-23H,9-11H2,1-4H3,(H,25,27)/t17-,20-,21+,22-,23+/m0/s1. The molecule has 1 amide bonds. The monoisotopic (exact) mass is 552 g/mol. The maximum atomic E-state index is 12.8. The Morgan fingerprint density at radius 3 is 2.24 bits per heavy atom. The summed E-state index contributed by atoms with van der Waals surface area (Å²) in [6.07, 6.45) is -5.61. The average Bonchev–Trinajstić information content (AvgIpc) is 3.14. The smallest absolute Gasteiger partial charge is 0.309 e. The number of rotatable bonds is 9. The summed E-state index contributed by atoms with van der Waals surface area (Å²) in [4.78, 5) is 72.1. The highest BCUT2D eigenvalue weighted by molar-refractivity contribution is 7.16. The van der Waals surface area contributed by atoms with Gasteiger partial charge in [-0.2, -0.15) is 0 Å². The first-order chi connectivity index (χ1) is 18.0. The number of nitrogens with zero attached hydrogens (tertiary/aromatic N) is 1. The van der Waals surface area contributed by atoms with Gasteiger partial charge in [-0.1, -0.05) is 23.5 Å². The molecular weight excluding hydrogens is 524 g/mol. The van der Waals surface area contributed by atoms with Crippen molar-refractivity contribution in [2.45, 2.75) is 71.3 Å². The lowest BCUT2D eigenvalue weighted by atomic mass is 9.96. The van der Waals surface area contributed by atoms with Crippen LogP contribution in [-0.4, -0.2) is 71.6 Å². The predicted molar refractivity (Wildman–Crippen MR) is 131 cm³/mol. The van der Waals surface area contributed by atoms with Crippen LogP contribution in [0, 0.1) is 0 Å². The van der Waals surface area contributed by atoms with Gasteiger partial charge in [-0.05, 0) is 12.1 Å². The van der Waals surface area contributed by atoms with Crippen molar-refractivity contribution >= 4 is 51.3 Å². The molecule has 5 atom stereocenters. The molecule has 0 radical (unpaired) electrons. The van der Waals surface area contributed by atoms with Crippen LogP contribution in [0.2, 0.25) is 0 Å². The Balaban J connectivity index is 1.85. The van der Waals surface area contributed by atoms with E-state index in [1.165, 1.54) is 11.5 Å². The highest BCUT2D eigenvalue weighted by Crippen LogP contribution is 2.28. The van der Waals surface area contributed by atoms with Crippen molar-refractivity contribution in [3.63, 3.8) is 0 Å². The van der Waals surface area contributed by atoms with Crippen molar-refractivity contribution in [3.05, 3.63) is 33.9 Å².